The van der Waals surface area contributed by atoms with Gasteiger partial charge in [0.25, 0.3) is 0 Å². The van der Waals surface area contributed by atoms with Crippen molar-refractivity contribution < 1.29 is 9.47 Å². The van der Waals surface area contributed by atoms with Gasteiger partial charge in [-0.1, -0.05) is 5.21 Å². The van der Waals surface area contributed by atoms with Crippen molar-refractivity contribution in [2.75, 3.05) is 31.7 Å². The molecule has 1 aromatic heterocycles. The van der Waals surface area contributed by atoms with Crippen molar-refractivity contribution in [3.8, 4) is 5.75 Å². The van der Waals surface area contributed by atoms with Crippen LogP contribution in [0.4, 0.5) is 5.69 Å². The number of nitrogens with one attached hydrogen (secondary N) is 1. The van der Waals surface area contributed by atoms with E-state index in [0.717, 1.165) is 24.8 Å². The number of aromatic amines is 1. The molecule has 25 heavy (non-hydrogen) atoms. The van der Waals surface area contributed by atoms with Gasteiger partial charge in [0.2, 0.25) is 5.82 Å². The number of nitrogens with zero attached hydrogens (tertiary/aromatic N) is 4. The first kappa shape index (κ1) is 16.3. The highest BCUT2D eigenvalue weighted by Crippen LogP contribution is 2.42. The predicted molar refractivity (Wildman–Crippen MR) is 93.5 cm³/mol. The van der Waals surface area contributed by atoms with Gasteiger partial charge in [0.1, 0.15) is 11.9 Å². The van der Waals surface area contributed by atoms with Crippen LogP contribution in [0.5, 0.6) is 5.75 Å². The predicted octanol–water partition coefficient (Wildman–Crippen LogP) is 2.59. The lowest BCUT2D eigenvalue weighted by Crippen LogP contribution is -2.30. The van der Waals surface area contributed by atoms with Crippen LogP contribution >= 0.6 is 0 Å². The van der Waals surface area contributed by atoms with Crippen LogP contribution in [0.2, 0.25) is 0 Å². The van der Waals surface area contributed by atoms with Crippen LogP contribution in [0.1, 0.15) is 37.6 Å². The third kappa shape index (κ3) is 4.28. The van der Waals surface area contributed by atoms with Crippen LogP contribution in [0.25, 0.3) is 0 Å². The largest absolute Gasteiger partial charge is 0.497 e. The number of rotatable bonds is 10. The first-order valence-electron chi connectivity index (χ1n) is 9.07. The molecule has 2 aliphatic carbocycles. The third-order valence-corrected chi connectivity index (χ3v) is 4.94. The van der Waals surface area contributed by atoms with Gasteiger partial charge in [0.05, 0.1) is 13.7 Å². The molecule has 0 aliphatic heterocycles. The average Bonchev–Trinajstić information content (AvgIpc) is 3.58. The molecular formula is C18H25N5O2. The topological polar surface area (TPSA) is 76.2 Å². The van der Waals surface area contributed by atoms with Crippen molar-refractivity contribution in [2.24, 2.45) is 11.8 Å². The molecule has 0 saturated heterocycles. The summed E-state index contributed by atoms with van der Waals surface area (Å²) in [4.78, 5) is 2.41. The molecule has 4 rings (SSSR count). The van der Waals surface area contributed by atoms with E-state index in [1.807, 2.05) is 12.1 Å². The maximum atomic E-state index is 6.16. The lowest BCUT2D eigenvalue weighted by Gasteiger charge is -2.26. The van der Waals surface area contributed by atoms with E-state index >= 15 is 0 Å². The molecular weight excluding hydrogens is 318 g/mol. The number of ether oxygens (including phenoxy) is 2. The van der Waals surface area contributed by atoms with Crippen molar-refractivity contribution in [3.63, 3.8) is 0 Å². The fourth-order valence-corrected chi connectivity index (χ4v) is 3.13. The van der Waals surface area contributed by atoms with Crippen LogP contribution in [0.3, 0.4) is 0 Å². The Morgan fingerprint density at radius 3 is 2.60 bits per heavy atom. The number of methoxy groups -OCH3 is 1. The number of hydrogen-bond acceptors (Lipinski definition) is 6. The molecule has 7 nitrogen and oxygen atoms in total. The van der Waals surface area contributed by atoms with Crippen molar-refractivity contribution in [2.45, 2.75) is 31.8 Å². The molecule has 1 aromatic carbocycles. The van der Waals surface area contributed by atoms with E-state index in [1.54, 1.807) is 7.11 Å². The van der Waals surface area contributed by atoms with E-state index in [9.17, 15) is 0 Å². The van der Waals surface area contributed by atoms with Gasteiger partial charge < -0.3 is 14.4 Å². The van der Waals surface area contributed by atoms with Crippen LogP contribution in [-0.4, -0.2) is 47.4 Å². The summed E-state index contributed by atoms with van der Waals surface area (Å²) in [5, 5.41) is 14.4. The molecule has 0 amide bonds. The fourth-order valence-electron chi connectivity index (χ4n) is 3.13. The summed E-state index contributed by atoms with van der Waals surface area (Å²) in [5.41, 5.74) is 1.22. The summed E-state index contributed by atoms with van der Waals surface area (Å²) in [6.45, 7) is 2.62. The van der Waals surface area contributed by atoms with Crippen molar-refractivity contribution in [1.82, 2.24) is 20.6 Å². The minimum Gasteiger partial charge on any atom is -0.497 e. The molecule has 1 N–H and O–H groups in total. The van der Waals surface area contributed by atoms with E-state index in [-0.39, 0.29) is 6.10 Å². The Bertz CT molecular complexity index is 653. The summed E-state index contributed by atoms with van der Waals surface area (Å²) in [7, 11) is 1.70. The molecule has 1 unspecified atom stereocenters. The number of anilines is 1. The standard InChI is InChI=1S/C18H25N5O2/c1-24-16-8-6-15(7-9-16)23(12-13-2-3-13)10-11-25-17(14-4-5-14)18-19-21-22-20-18/h6-9,13-14,17H,2-5,10-12H2,1H3,(H,19,20,21,22). The van der Waals surface area contributed by atoms with Crippen LogP contribution in [-0.2, 0) is 4.74 Å². The minimum atomic E-state index is -0.0302. The smallest absolute Gasteiger partial charge is 0.203 e. The second kappa shape index (κ2) is 7.39. The highest BCUT2D eigenvalue weighted by Gasteiger charge is 2.36. The summed E-state index contributed by atoms with van der Waals surface area (Å²) in [6.07, 6.45) is 5.01. The van der Waals surface area contributed by atoms with Crippen molar-refractivity contribution in [1.29, 1.82) is 0 Å². The lowest BCUT2D eigenvalue weighted by atomic mass is 10.2. The zero-order valence-corrected chi connectivity index (χ0v) is 14.6. The molecule has 2 aromatic rings. The highest BCUT2D eigenvalue weighted by atomic mass is 16.5. The summed E-state index contributed by atoms with van der Waals surface area (Å²) < 4.78 is 11.4. The Hall–Kier alpha value is -2.15. The average molecular weight is 343 g/mol. The van der Waals surface area contributed by atoms with E-state index in [2.05, 4.69) is 37.7 Å². The zero-order chi connectivity index (χ0) is 17.1. The fraction of sp³-hybridized carbons (Fsp3) is 0.611. The Morgan fingerprint density at radius 1 is 1.20 bits per heavy atom. The Labute approximate surface area is 147 Å². The number of aromatic nitrogens is 4. The van der Waals surface area contributed by atoms with E-state index in [1.165, 1.54) is 31.4 Å². The first-order chi connectivity index (χ1) is 12.3. The lowest BCUT2D eigenvalue weighted by molar-refractivity contribution is 0.0354. The van der Waals surface area contributed by atoms with Gasteiger partial charge in [0.15, 0.2) is 0 Å². The molecule has 2 fully saturated rings. The summed E-state index contributed by atoms with van der Waals surface area (Å²) in [6, 6.07) is 8.28. The highest BCUT2D eigenvalue weighted by molar-refractivity contribution is 5.49. The number of benzene rings is 1. The van der Waals surface area contributed by atoms with E-state index in [0.29, 0.717) is 18.3 Å². The molecule has 1 heterocycles. The van der Waals surface area contributed by atoms with Gasteiger partial charge in [-0.2, -0.15) is 5.21 Å². The monoisotopic (exact) mass is 343 g/mol. The van der Waals surface area contributed by atoms with Crippen LogP contribution in [0.15, 0.2) is 24.3 Å². The quantitative estimate of drug-likeness (QED) is 0.714. The maximum Gasteiger partial charge on any atom is 0.203 e. The normalized spacial score (nSPS) is 18.1. The molecule has 2 saturated carbocycles. The molecule has 2 aliphatic rings. The van der Waals surface area contributed by atoms with Gasteiger partial charge in [0, 0.05) is 18.8 Å². The molecule has 134 valence electrons. The first-order valence-corrected chi connectivity index (χ1v) is 9.07. The second-order valence-corrected chi connectivity index (χ2v) is 6.99. The Morgan fingerprint density at radius 2 is 2.00 bits per heavy atom. The molecule has 0 bridgehead atoms. The summed E-state index contributed by atoms with van der Waals surface area (Å²) >= 11 is 0. The van der Waals surface area contributed by atoms with Crippen LogP contribution < -0.4 is 9.64 Å². The number of hydrogen-bond donors (Lipinski definition) is 1. The molecule has 1 atom stereocenters. The Kier molecular flexibility index (Phi) is 4.83. The SMILES string of the molecule is COc1ccc(N(CCOC(c2nn[nH]n2)C2CC2)CC2CC2)cc1. The maximum absolute atomic E-state index is 6.16. The molecule has 0 radical (unpaired) electrons. The van der Waals surface area contributed by atoms with Gasteiger partial charge in [-0.05, 0) is 61.8 Å². The van der Waals surface area contributed by atoms with E-state index in [4.69, 9.17) is 9.47 Å². The van der Waals surface area contributed by atoms with Gasteiger partial charge >= 0.3 is 0 Å². The molecule has 7 heteroatoms. The van der Waals surface area contributed by atoms with Crippen molar-refractivity contribution >= 4 is 5.69 Å². The Balaban J connectivity index is 1.36. The number of tetrazole rings is 1. The molecule has 0 spiro atoms. The van der Waals surface area contributed by atoms with Gasteiger partial charge in [-0.25, -0.2) is 0 Å². The minimum absolute atomic E-state index is 0.0302. The number of H-pyrrole nitrogens is 1. The van der Waals surface area contributed by atoms with Crippen molar-refractivity contribution in [3.05, 3.63) is 30.1 Å². The third-order valence-electron chi connectivity index (χ3n) is 4.94. The second-order valence-electron chi connectivity index (χ2n) is 6.99. The van der Waals surface area contributed by atoms with Gasteiger partial charge in [-0.15, -0.1) is 10.2 Å². The van der Waals surface area contributed by atoms with Crippen LogP contribution in [0, 0.1) is 11.8 Å². The summed E-state index contributed by atoms with van der Waals surface area (Å²) in [5.74, 6) is 2.92. The van der Waals surface area contributed by atoms with Gasteiger partial charge in [-0.3, -0.25) is 0 Å². The van der Waals surface area contributed by atoms with E-state index < -0.39 is 0 Å². The zero-order valence-electron chi connectivity index (χ0n) is 14.6.